The second kappa shape index (κ2) is 11.0. The van der Waals surface area contributed by atoms with E-state index < -0.39 is 11.2 Å². The van der Waals surface area contributed by atoms with Crippen LogP contribution in [-0.2, 0) is 16.1 Å². The Hall–Kier alpha value is -2.80. The van der Waals surface area contributed by atoms with Crippen LogP contribution in [0.1, 0.15) is 26.2 Å². The highest BCUT2D eigenvalue weighted by Gasteiger charge is 2.22. The van der Waals surface area contributed by atoms with Gasteiger partial charge in [0.2, 0.25) is 5.91 Å². The Morgan fingerprint density at radius 3 is 2.67 bits per heavy atom. The molecule has 1 aromatic heterocycles. The number of likely N-dealkylation sites (N-methyl/N-ethyl adjacent to an activating group) is 1. The van der Waals surface area contributed by atoms with Gasteiger partial charge in [-0.2, -0.15) is 5.26 Å². The molecule has 0 fully saturated rings. The fraction of sp³-hybridized carbons (Fsp3) is 0.647. The lowest BCUT2D eigenvalue weighted by Gasteiger charge is -2.27. The van der Waals surface area contributed by atoms with Crippen LogP contribution >= 0.6 is 0 Å². The van der Waals surface area contributed by atoms with Gasteiger partial charge in [-0.25, -0.2) is 4.79 Å². The Morgan fingerprint density at radius 1 is 1.37 bits per heavy atom. The molecule has 0 saturated carbocycles. The highest BCUT2D eigenvalue weighted by molar-refractivity contribution is 5.82. The van der Waals surface area contributed by atoms with Gasteiger partial charge < -0.3 is 20.3 Å². The number of aromatic amines is 1. The maximum atomic E-state index is 12.5. The van der Waals surface area contributed by atoms with Gasteiger partial charge in [-0.3, -0.25) is 19.1 Å². The molecule has 27 heavy (non-hydrogen) atoms. The predicted octanol–water partition coefficient (Wildman–Crippen LogP) is -0.256. The van der Waals surface area contributed by atoms with Gasteiger partial charge in [0.25, 0.3) is 5.56 Å². The molecular formula is C17H28N6O4. The lowest BCUT2D eigenvalue weighted by molar-refractivity contribution is -0.128. The average Bonchev–Trinajstić information content (AvgIpc) is 2.63. The van der Waals surface area contributed by atoms with Gasteiger partial charge in [-0.15, -0.1) is 0 Å². The molecule has 3 N–H and O–H groups in total. The summed E-state index contributed by atoms with van der Waals surface area (Å²) in [6.07, 6.45) is 1.80. The van der Waals surface area contributed by atoms with Crippen LogP contribution in [0, 0.1) is 11.3 Å². The van der Waals surface area contributed by atoms with E-state index in [1.54, 1.807) is 7.05 Å². The Morgan fingerprint density at radius 2 is 2.07 bits per heavy atom. The molecule has 0 aliphatic heterocycles. The number of carbonyl (C=O) groups is 1. The number of unbranched alkanes of at least 4 members (excludes halogenated alkanes) is 1. The summed E-state index contributed by atoms with van der Waals surface area (Å²) in [5.41, 5.74) is 4.98. The fourth-order valence-electron chi connectivity index (χ4n) is 2.52. The molecule has 0 aliphatic carbocycles. The maximum Gasteiger partial charge on any atom is 0.330 e. The van der Waals surface area contributed by atoms with Gasteiger partial charge in [0.05, 0.1) is 25.6 Å². The number of hydrogen-bond acceptors (Lipinski definition) is 7. The van der Waals surface area contributed by atoms with Crippen LogP contribution in [0.15, 0.2) is 9.59 Å². The molecule has 10 nitrogen and oxygen atoms in total. The number of aromatic nitrogens is 2. The largest absolute Gasteiger partial charge is 0.383 e. The van der Waals surface area contributed by atoms with E-state index in [-0.39, 0.29) is 50.1 Å². The number of nitriles is 1. The normalized spacial score (nSPS) is 10.4. The molecule has 0 spiro atoms. The number of methoxy groups -OCH3 is 1. The predicted molar refractivity (Wildman–Crippen MR) is 103 cm³/mol. The van der Waals surface area contributed by atoms with Crippen molar-refractivity contribution in [2.75, 3.05) is 51.0 Å². The third kappa shape index (κ3) is 6.14. The first-order chi connectivity index (χ1) is 12.9. The van der Waals surface area contributed by atoms with Gasteiger partial charge in [-0.05, 0) is 6.42 Å². The van der Waals surface area contributed by atoms with Gasteiger partial charge in [-0.1, -0.05) is 13.3 Å². The summed E-state index contributed by atoms with van der Waals surface area (Å²) in [5, 5.41) is 8.66. The molecule has 1 aromatic rings. The Labute approximate surface area is 158 Å². The summed E-state index contributed by atoms with van der Waals surface area (Å²) in [7, 11) is 3.10. The van der Waals surface area contributed by atoms with Crippen molar-refractivity contribution in [1.82, 2.24) is 14.5 Å². The Balaban J connectivity index is 3.23. The van der Waals surface area contributed by atoms with E-state index in [9.17, 15) is 14.4 Å². The number of nitrogens with two attached hydrogens (primary N) is 1. The molecule has 0 unspecified atom stereocenters. The van der Waals surface area contributed by atoms with E-state index in [1.165, 1.54) is 21.5 Å². The van der Waals surface area contributed by atoms with Crippen molar-refractivity contribution in [3.05, 3.63) is 20.8 Å². The van der Waals surface area contributed by atoms with Crippen molar-refractivity contribution >= 4 is 17.4 Å². The quantitative estimate of drug-likeness (QED) is 0.539. The Kier molecular flexibility index (Phi) is 9.08. The number of amides is 1. The van der Waals surface area contributed by atoms with Gasteiger partial charge in [0.1, 0.15) is 11.5 Å². The lowest BCUT2D eigenvalue weighted by atomic mass is 10.3. The van der Waals surface area contributed by atoms with Crippen molar-refractivity contribution in [1.29, 1.82) is 5.26 Å². The number of hydrogen-bond donors (Lipinski definition) is 2. The van der Waals surface area contributed by atoms with Gasteiger partial charge in [0.15, 0.2) is 0 Å². The fourth-order valence-corrected chi connectivity index (χ4v) is 2.52. The monoisotopic (exact) mass is 380 g/mol. The third-order valence-corrected chi connectivity index (χ3v) is 4.14. The van der Waals surface area contributed by atoms with Crippen LogP contribution in [0.3, 0.4) is 0 Å². The number of rotatable bonds is 11. The molecule has 10 heteroatoms. The second-order valence-corrected chi connectivity index (χ2v) is 6.14. The number of nitrogens with one attached hydrogen (secondary N) is 1. The minimum Gasteiger partial charge on any atom is -0.383 e. The number of anilines is 2. The maximum absolute atomic E-state index is 12.5. The second-order valence-electron chi connectivity index (χ2n) is 6.14. The SMILES string of the molecule is CCCCn1c(N)c(N(CCOC)CC(=O)N(C)CCC#N)c(=O)[nH]c1=O. The van der Waals surface area contributed by atoms with Crippen LogP contribution in [-0.4, -0.2) is 60.8 Å². The Bertz CT molecular complexity index is 779. The third-order valence-electron chi connectivity index (χ3n) is 4.14. The number of ether oxygens (including phenoxy) is 1. The standard InChI is InChI=1S/C17H28N6O4/c1-4-5-9-23-15(19)14(16(25)20-17(23)26)22(10-11-27-3)12-13(24)21(2)8-6-7-18/h4-6,8-12,19H2,1-3H3,(H,20,25,26). The van der Waals surface area contributed by atoms with Crippen molar-refractivity contribution < 1.29 is 9.53 Å². The molecule has 150 valence electrons. The molecule has 0 saturated heterocycles. The summed E-state index contributed by atoms with van der Waals surface area (Å²) in [4.78, 5) is 42.1. The smallest absolute Gasteiger partial charge is 0.330 e. The molecule has 0 aromatic carbocycles. The first-order valence-electron chi connectivity index (χ1n) is 8.84. The van der Waals surface area contributed by atoms with E-state index in [4.69, 9.17) is 15.7 Å². The number of nitrogen functional groups attached to an aromatic ring is 1. The van der Waals surface area contributed by atoms with Gasteiger partial charge >= 0.3 is 5.69 Å². The van der Waals surface area contributed by atoms with Crippen LogP contribution in [0.4, 0.5) is 11.5 Å². The molecule has 1 heterocycles. The summed E-state index contributed by atoms with van der Waals surface area (Å²) in [6.45, 7) is 3.03. The van der Waals surface area contributed by atoms with Crippen LogP contribution in [0.25, 0.3) is 0 Å². The number of nitrogens with zero attached hydrogens (tertiary/aromatic N) is 4. The highest BCUT2D eigenvalue weighted by atomic mass is 16.5. The zero-order valence-corrected chi connectivity index (χ0v) is 16.2. The topological polar surface area (TPSA) is 137 Å². The molecule has 0 bridgehead atoms. The molecular weight excluding hydrogens is 352 g/mol. The van der Waals surface area contributed by atoms with Gasteiger partial charge in [0, 0.05) is 33.8 Å². The van der Waals surface area contributed by atoms with Crippen molar-refractivity contribution in [3.63, 3.8) is 0 Å². The zero-order chi connectivity index (χ0) is 20.4. The summed E-state index contributed by atoms with van der Waals surface area (Å²) < 4.78 is 6.38. The first kappa shape index (κ1) is 22.2. The van der Waals surface area contributed by atoms with E-state index in [1.807, 2.05) is 13.0 Å². The average molecular weight is 380 g/mol. The summed E-state index contributed by atoms with van der Waals surface area (Å²) in [5.74, 6) is -0.243. The zero-order valence-electron chi connectivity index (χ0n) is 16.2. The van der Waals surface area contributed by atoms with Crippen molar-refractivity contribution in [2.45, 2.75) is 32.7 Å². The molecule has 1 amide bonds. The highest BCUT2D eigenvalue weighted by Crippen LogP contribution is 2.17. The lowest BCUT2D eigenvalue weighted by Crippen LogP contribution is -2.44. The molecule has 1 rings (SSSR count). The van der Waals surface area contributed by atoms with E-state index in [0.717, 1.165) is 12.8 Å². The minimum absolute atomic E-state index is 0.0285. The van der Waals surface area contributed by atoms with Crippen LogP contribution < -0.4 is 21.9 Å². The number of H-pyrrole nitrogens is 1. The minimum atomic E-state index is -0.645. The number of carbonyl (C=O) groups excluding carboxylic acids is 1. The van der Waals surface area contributed by atoms with E-state index >= 15 is 0 Å². The molecule has 0 radical (unpaired) electrons. The van der Waals surface area contributed by atoms with Crippen LogP contribution in [0.2, 0.25) is 0 Å². The van der Waals surface area contributed by atoms with E-state index in [0.29, 0.717) is 6.54 Å². The summed E-state index contributed by atoms with van der Waals surface area (Å²) in [6, 6.07) is 1.98. The van der Waals surface area contributed by atoms with Crippen molar-refractivity contribution in [2.24, 2.45) is 0 Å². The molecule has 0 aliphatic rings. The van der Waals surface area contributed by atoms with Crippen LogP contribution in [0.5, 0.6) is 0 Å². The van der Waals surface area contributed by atoms with E-state index in [2.05, 4.69) is 4.98 Å². The van der Waals surface area contributed by atoms with Crippen molar-refractivity contribution in [3.8, 4) is 6.07 Å². The molecule has 0 atom stereocenters. The first-order valence-corrected chi connectivity index (χ1v) is 8.84. The summed E-state index contributed by atoms with van der Waals surface area (Å²) >= 11 is 0.